The molecule has 0 aliphatic carbocycles. The first-order valence-electron chi connectivity index (χ1n) is 5.34. The summed E-state index contributed by atoms with van der Waals surface area (Å²) in [6.45, 7) is 1.79. The molecule has 1 atom stereocenters. The SMILES string of the molecule is COc1ccc(NC(=O)CC(C)N)cc1OC. The van der Waals surface area contributed by atoms with Gasteiger partial charge in [-0.05, 0) is 19.1 Å². The minimum atomic E-state index is -0.157. The van der Waals surface area contributed by atoms with Crippen LogP contribution >= 0.6 is 0 Å². The van der Waals surface area contributed by atoms with Crippen LogP contribution in [0.5, 0.6) is 11.5 Å². The van der Waals surface area contributed by atoms with Gasteiger partial charge in [0.05, 0.1) is 14.2 Å². The zero-order chi connectivity index (χ0) is 12.8. The maximum Gasteiger partial charge on any atom is 0.225 e. The van der Waals surface area contributed by atoms with E-state index in [0.717, 1.165) is 0 Å². The summed E-state index contributed by atoms with van der Waals surface area (Å²) >= 11 is 0. The van der Waals surface area contributed by atoms with Crippen molar-refractivity contribution in [2.45, 2.75) is 19.4 Å². The third kappa shape index (κ3) is 3.96. The Labute approximate surface area is 101 Å². The first kappa shape index (κ1) is 13.3. The number of anilines is 1. The second kappa shape index (κ2) is 6.10. The molecule has 17 heavy (non-hydrogen) atoms. The average Bonchev–Trinajstić information content (AvgIpc) is 2.27. The third-order valence-corrected chi connectivity index (χ3v) is 2.17. The molecule has 5 nitrogen and oxygen atoms in total. The van der Waals surface area contributed by atoms with Crippen molar-refractivity contribution in [2.24, 2.45) is 5.73 Å². The van der Waals surface area contributed by atoms with Gasteiger partial charge in [0.1, 0.15) is 0 Å². The van der Waals surface area contributed by atoms with E-state index < -0.39 is 0 Å². The number of benzene rings is 1. The zero-order valence-electron chi connectivity index (χ0n) is 10.3. The molecule has 5 heteroatoms. The Morgan fingerprint density at radius 1 is 1.35 bits per heavy atom. The molecule has 3 N–H and O–H groups in total. The number of hydrogen-bond acceptors (Lipinski definition) is 4. The smallest absolute Gasteiger partial charge is 0.225 e. The maximum absolute atomic E-state index is 11.5. The molecule has 0 radical (unpaired) electrons. The Morgan fingerprint density at radius 2 is 2.00 bits per heavy atom. The molecule has 0 aliphatic heterocycles. The zero-order valence-corrected chi connectivity index (χ0v) is 10.3. The number of carbonyl (C=O) groups is 1. The van der Waals surface area contributed by atoms with Crippen LogP contribution in [0.25, 0.3) is 0 Å². The maximum atomic E-state index is 11.5. The van der Waals surface area contributed by atoms with E-state index in [1.807, 2.05) is 0 Å². The lowest BCUT2D eigenvalue weighted by atomic mass is 10.2. The number of amides is 1. The minimum absolute atomic E-state index is 0.118. The van der Waals surface area contributed by atoms with Crippen LogP contribution in [0, 0.1) is 0 Å². The topological polar surface area (TPSA) is 73.6 Å². The molecule has 0 spiro atoms. The van der Waals surface area contributed by atoms with Crippen LogP contribution in [0.1, 0.15) is 13.3 Å². The van der Waals surface area contributed by atoms with Gasteiger partial charge in [-0.2, -0.15) is 0 Å². The molecule has 94 valence electrons. The normalized spacial score (nSPS) is 11.8. The largest absolute Gasteiger partial charge is 0.493 e. The number of nitrogens with one attached hydrogen (secondary N) is 1. The fourth-order valence-corrected chi connectivity index (χ4v) is 1.42. The first-order valence-corrected chi connectivity index (χ1v) is 5.34. The number of rotatable bonds is 5. The molecule has 1 aromatic carbocycles. The molecular weight excluding hydrogens is 220 g/mol. The highest BCUT2D eigenvalue weighted by Gasteiger charge is 2.08. The van der Waals surface area contributed by atoms with Crippen molar-refractivity contribution >= 4 is 11.6 Å². The molecule has 1 rings (SSSR count). The fourth-order valence-electron chi connectivity index (χ4n) is 1.42. The van der Waals surface area contributed by atoms with Gasteiger partial charge >= 0.3 is 0 Å². The second-order valence-electron chi connectivity index (χ2n) is 3.80. The van der Waals surface area contributed by atoms with Crippen LogP contribution in [0.2, 0.25) is 0 Å². The van der Waals surface area contributed by atoms with Gasteiger partial charge in [0, 0.05) is 24.2 Å². The summed E-state index contributed by atoms with van der Waals surface area (Å²) in [5.74, 6) is 1.08. The highest BCUT2D eigenvalue weighted by Crippen LogP contribution is 2.29. The number of carbonyl (C=O) groups excluding carboxylic acids is 1. The Hall–Kier alpha value is -1.75. The van der Waals surface area contributed by atoms with Crippen molar-refractivity contribution in [3.63, 3.8) is 0 Å². The third-order valence-electron chi connectivity index (χ3n) is 2.17. The molecule has 0 saturated heterocycles. The Morgan fingerprint density at radius 3 is 2.53 bits per heavy atom. The second-order valence-corrected chi connectivity index (χ2v) is 3.80. The van der Waals surface area contributed by atoms with Crippen molar-refractivity contribution in [1.82, 2.24) is 0 Å². The molecule has 0 aromatic heterocycles. The number of ether oxygens (including phenoxy) is 2. The van der Waals surface area contributed by atoms with E-state index in [1.165, 1.54) is 0 Å². The number of hydrogen-bond donors (Lipinski definition) is 2. The quantitative estimate of drug-likeness (QED) is 0.812. The van der Waals surface area contributed by atoms with Crippen molar-refractivity contribution in [2.75, 3.05) is 19.5 Å². The van der Waals surface area contributed by atoms with Crippen molar-refractivity contribution < 1.29 is 14.3 Å². The molecule has 0 fully saturated rings. The molecule has 0 aliphatic rings. The lowest BCUT2D eigenvalue weighted by Gasteiger charge is -2.11. The lowest BCUT2D eigenvalue weighted by molar-refractivity contribution is -0.116. The predicted octanol–water partition coefficient (Wildman–Crippen LogP) is 1.38. The molecular formula is C12H18N2O3. The summed E-state index contributed by atoms with van der Waals surface area (Å²) in [5.41, 5.74) is 6.20. The van der Waals surface area contributed by atoms with Gasteiger partial charge in [-0.15, -0.1) is 0 Å². The Kier molecular flexibility index (Phi) is 4.78. The van der Waals surface area contributed by atoms with Crippen LogP contribution in [0.4, 0.5) is 5.69 Å². The van der Waals surface area contributed by atoms with E-state index in [1.54, 1.807) is 39.3 Å². The van der Waals surface area contributed by atoms with Gasteiger partial charge in [-0.25, -0.2) is 0 Å². The lowest BCUT2D eigenvalue weighted by Crippen LogP contribution is -2.23. The van der Waals surface area contributed by atoms with E-state index in [0.29, 0.717) is 17.2 Å². The van der Waals surface area contributed by atoms with Crippen LogP contribution in [-0.4, -0.2) is 26.2 Å². The number of methoxy groups -OCH3 is 2. The first-order chi connectivity index (χ1) is 8.06. The van der Waals surface area contributed by atoms with Crippen molar-refractivity contribution in [3.8, 4) is 11.5 Å². The standard InChI is InChI=1S/C12H18N2O3/c1-8(13)6-12(15)14-9-4-5-10(16-2)11(7-9)17-3/h4-5,7-8H,6,13H2,1-3H3,(H,14,15). The summed E-state index contributed by atoms with van der Waals surface area (Å²) < 4.78 is 10.2. The van der Waals surface area contributed by atoms with Gasteiger partial charge in [0.2, 0.25) is 5.91 Å². The molecule has 1 aromatic rings. The van der Waals surface area contributed by atoms with Gasteiger partial charge in [0.25, 0.3) is 0 Å². The van der Waals surface area contributed by atoms with Gasteiger partial charge in [-0.1, -0.05) is 0 Å². The summed E-state index contributed by atoms with van der Waals surface area (Å²) in [6, 6.07) is 5.04. The average molecular weight is 238 g/mol. The minimum Gasteiger partial charge on any atom is -0.493 e. The summed E-state index contributed by atoms with van der Waals surface area (Å²) in [7, 11) is 3.11. The fraction of sp³-hybridized carbons (Fsp3) is 0.417. The molecule has 0 bridgehead atoms. The van der Waals surface area contributed by atoms with Crippen LogP contribution in [-0.2, 0) is 4.79 Å². The molecule has 0 heterocycles. The highest BCUT2D eigenvalue weighted by molar-refractivity contribution is 5.91. The van der Waals surface area contributed by atoms with Crippen LogP contribution in [0.15, 0.2) is 18.2 Å². The summed E-state index contributed by atoms with van der Waals surface area (Å²) in [4.78, 5) is 11.5. The van der Waals surface area contributed by atoms with Crippen molar-refractivity contribution in [1.29, 1.82) is 0 Å². The monoisotopic (exact) mass is 238 g/mol. The number of nitrogens with two attached hydrogens (primary N) is 1. The van der Waals surface area contributed by atoms with Gasteiger partial charge in [-0.3, -0.25) is 4.79 Å². The molecule has 0 saturated carbocycles. The van der Waals surface area contributed by atoms with Gasteiger partial charge in [0.15, 0.2) is 11.5 Å². The van der Waals surface area contributed by atoms with Crippen LogP contribution in [0.3, 0.4) is 0 Å². The van der Waals surface area contributed by atoms with Crippen molar-refractivity contribution in [3.05, 3.63) is 18.2 Å². The van der Waals surface area contributed by atoms with E-state index in [-0.39, 0.29) is 18.4 Å². The molecule has 1 unspecified atom stereocenters. The van der Waals surface area contributed by atoms with E-state index in [9.17, 15) is 4.79 Å². The summed E-state index contributed by atoms with van der Waals surface area (Å²) in [5, 5.41) is 2.74. The summed E-state index contributed by atoms with van der Waals surface area (Å²) in [6.07, 6.45) is 0.286. The van der Waals surface area contributed by atoms with E-state index in [4.69, 9.17) is 15.2 Å². The Balaban J connectivity index is 2.75. The van der Waals surface area contributed by atoms with E-state index in [2.05, 4.69) is 5.32 Å². The Bertz CT molecular complexity index is 391. The molecule has 1 amide bonds. The van der Waals surface area contributed by atoms with E-state index >= 15 is 0 Å². The predicted molar refractivity (Wildman–Crippen MR) is 66.4 cm³/mol. The highest BCUT2D eigenvalue weighted by atomic mass is 16.5. The van der Waals surface area contributed by atoms with Gasteiger partial charge < -0.3 is 20.5 Å². The van der Waals surface area contributed by atoms with Crippen LogP contribution < -0.4 is 20.5 Å².